The molecule has 1 aromatic carbocycles. The third kappa shape index (κ3) is 3.23. The minimum absolute atomic E-state index is 0.149. The quantitative estimate of drug-likeness (QED) is 0.580. The van der Waals surface area contributed by atoms with Gasteiger partial charge in [0.05, 0.1) is 28.4 Å². The van der Waals surface area contributed by atoms with Gasteiger partial charge in [-0.2, -0.15) is 5.26 Å². The first-order valence-corrected chi connectivity index (χ1v) is 8.90. The third-order valence-corrected chi connectivity index (χ3v) is 4.85. The average molecular weight is 394 g/mol. The van der Waals surface area contributed by atoms with Crippen molar-refractivity contribution in [3.8, 4) is 6.07 Å². The van der Waals surface area contributed by atoms with Gasteiger partial charge in [0.15, 0.2) is 0 Å². The average Bonchev–Trinajstić information content (AvgIpc) is 2.86. The number of carbonyl (C=O) groups excluding carboxylic acids is 3. The molecule has 3 rings (SSSR count). The van der Waals surface area contributed by atoms with Crippen molar-refractivity contribution in [2.45, 2.75) is 51.3 Å². The summed E-state index contributed by atoms with van der Waals surface area (Å²) in [6.07, 6.45) is 1.04. The Morgan fingerprint density at radius 1 is 1.37 bits per heavy atom. The predicted molar refractivity (Wildman–Crippen MR) is 93.7 cm³/mol. The van der Waals surface area contributed by atoms with Crippen molar-refractivity contribution >= 4 is 35.2 Å². The summed E-state index contributed by atoms with van der Waals surface area (Å²) in [5.41, 5.74) is -0.528. The Hall–Kier alpha value is -2.66. The second-order valence-electron chi connectivity index (χ2n) is 6.69. The summed E-state index contributed by atoms with van der Waals surface area (Å²) in [5, 5.41) is 9.08. The smallest absolute Gasteiger partial charge is 0.339 e. The van der Waals surface area contributed by atoms with Crippen molar-refractivity contribution in [2.75, 3.05) is 4.90 Å². The van der Waals surface area contributed by atoms with Crippen molar-refractivity contribution in [1.29, 1.82) is 5.26 Å². The molecule has 2 atom stereocenters. The summed E-state index contributed by atoms with van der Waals surface area (Å²) in [7, 11) is 0. The van der Waals surface area contributed by atoms with Crippen molar-refractivity contribution in [1.82, 2.24) is 4.90 Å². The van der Waals surface area contributed by atoms with Crippen LogP contribution in [0.2, 0.25) is 5.02 Å². The highest BCUT2D eigenvalue weighted by atomic mass is 35.5. The van der Waals surface area contributed by atoms with Crippen LogP contribution in [0, 0.1) is 17.1 Å². The Morgan fingerprint density at radius 3 is 2.70 bits per heavy atom. The molecule has 0 radical (unpaired) electrons. The summed E-state index contributed by atoms with van der Waals surface area (Å²) < 4.78 is 19.6. The lowest BCUT2D eigenvalue weighted by molar-refractivity contribution is -0.120. The number of esters is 1. The van der Waals surface area contributed by atoms with Crippen molar-refractivity contribution in [2.24, 2.45) is 0 Å². The number of hydrogen-bond acceptors (Lipinski definition) is 5. The van der Waals surface area contributed by atoms with Crippen LogP contribution < -0.4 is 4.90 Å². The van der Waals surface area contributed by atoms with E-state index in [0.717, 1.165) is 12.1 Å². The number of piperidine rings is 1. The highest BCUT2D eigenvalue weighted by Crippen LogP contribution is 2.36. The summed E-state index contributed by atoms with van der Waals surface area (Å²) in [5.74, 6) is -2.33. The molecule has 9 heteroatoms. The van der Waals surface area contributed by atoms with Crippen LogP contribution in [0.25, 0.3) is 0 Å². The number of carbonyl (C=O) groups is 3. The number of amides is 3. The van der Waals surface area contributed by atoms with E-state index in [0.29, 0.717) is 24.2 Å². The molecule has 2 aliphatic heterocycles. The maximum Gasteiger partial charge on any atom is 0.339 e. The molecule has 0 N–H and O–H groups in total. The van der Waals surface area contributed by atoms with Gasteiger partial charge < -0.3 is 4.74 Å². The number of benzene rings is 1. The largest absolute Gasteiger partial charge is 0.459 e. The highest BCUT2D eigenvalue weighted by molar-refractivity contribution is 6.34. The molecule has 27 heavy (non-hydrogen) atoms. The van der Waals surface area contributed by atoms with Crippen LogP contribution in [0.3, 0.4) is 0 Å². The normalized spacial score (nSPS) is 22.1. The number of ether oxygens (including phenoxy) is 1. The fourth-order valence-electron chi connectivity index (χ4n) is 3.36. The molecule has 0 bridgehead atoms. The lowest BCUT2D eigenvalue weighted by Gasteiger charge is -2.30. The van der Waals surface area contributed by atoms with E-state index in [4.69, 9.17) is 16.3 Å². The summed E-state index contributed by atoms with van der Waals surface area (Å²) >= 11 is 5.94. The number of nitriles is 1. The summed E-state index contributed by atoms with van der Waals surface area (Å²) in [6, 6.07) is 1.59. The first kappa shape index (κ1) is 19.1. The zero-order valence-corrected chi connectivity index (χ0v) is 15.5. The number of urea groups is 1. The topological polar surface area (TPSA) is 90.7 Å². The Kier molecular flexibility index (Phi) is 5.07. The zero-order chi connectivity index (χ0) is 19.9. The van der Waals surface area contributed by atoms with Gasteiger partial charge in [0, 0.05) is 0 Å². The molecule has 2 saturated heterocycles. The van der Waals surface area contributed by atoms with Crippen LogP contribution >= 0.6 is 11.6 Å². The fraction of sp³-hybridized carbons (Fsp3) is 0.444. The van der Waals surface area contributed by atoms with E-state index in [1.807, 2.05) is 6.07 Å². The van der Waals surface area contributed by atoms with Gasteiger partial charge in [0.1, 0.15) is 17.9 Å². The summed E-state index contributed by atoms with van der Waals surface area (Å²) in [6.45, 7) is 3.29. The second kappa shape index (κ2) is 7.16. The predicted octanol–water partition coefficient (Wildman–Crippen LogP) is 3.26. The van der Waals surface area contributed by atoms with E-state index >= 15 is 0 Å². The van der Waals surface area contributed by atoms with Crippen molar-refractivity contribution < 1.29 is 23.5 Å². The number of anilines is 1. The third-order valence-electron chi connectivity index (χ3n) is 4.53. The molecule has 3 amide bonds. The minimum Gasteiger partial charge on any atom is -0.459 e. The fourth-order valence-corrected chi connectivity index (χ4v) is 3.59. The molecule has 2 unspecified atom stereocenters. The van der Waals surface area contributed by atoms with Crippen LogP contribution in [0.4, 0.5) is 14.9 Å². The second-order valence-corrected chi connectivity index (χ2v) is 7.10. The molecule has 0 aromatic heterocycles. The van der Waals surface area contributed by atoms with Crippen LogP contribution in [0.1, 0.15) is 43.5 Å². The lowest BCUT2D eigenvalue weighted by atomic mass is 9.97. The van der Waals surface area contributed by atoms with Gasteiger partial charge in [-0.25, -0.2) is 18.9 Å². The molecule has 142 valence electrons. The van der Waals surface area contributed by atoms with E-state index in [9.17, 15) is 24.0 Å². The van der Waals surface area contributed by atoms with E-state index < -0.39 is 41.9 Å². The molecule has 0 saturated carbocycles. The highest BCUT2D eigenvalue weighted by Gasteiger charge is 2.51. The molecule has 0 spiro atoms. The van der Waals surface area contributed by atoms with Gasteiger partial charge in [-0.3, -0.25) is 9.69 Å². The van der Waals surface area contributed by atoms with Gasteiger partial charge in [0.25, 0.3) is 5.91 Å². The number of imide groups is 1. The van der Waals surface area contributed by atoms with Gasteiger partial charge in [-0.15, -0.1) is 0 Å². The number of halogens is 2. The van der Waals surface area contributed by atoms with E-state index in [2.05, 4.69) is 0 Å². The maximum atomic E-state index is 14.5. The molecule has 0 aliphatic carbocycles. The number of rotatable bonds is 3. The van der Waals surface area contributed by atoms with E-state index in [1.165, 1.54) is 4.90 Å². The summed E-state index contributed by atoms with van der Waals surface area (Å²) in [4.78, 5) is 39.6. The van der Waals surface area contributed by atoms with Crippen LogP contribution in [0.5, 0.6) is 0 Å². The molecular formula is C18H17ClFN3O4. The first-order chi connectivity index (χ1) is 12.8. The van der Waals surface area contributed by atoms with E-state index in [1.54, 1.807) is 13.8 Å². The minimum atomic E-state index is -0.920. The van der Waals surface area contributed by atoms with Gasteiger partial charge >= 0.3 is 12.0 Å². The Balaban J connectivity index is 2.03. The van der Waals surface area contributed by atoms with Crippen LogP contribution in [-0.2, 0) is 9.53 Å². The van der Waals surface area contributed by atoms with Crippen molar-refractivity contribution in [3.05, 3.63) is 28.5 Å². The molecule has 7 nitrogen and oxygen atoms in total. The van der Waals surface area contributed by atoms with Crippen LogP contribution in [0.15, 0.2) is 12.1 Å². The SMILES string of the molecule is CC(C)OC(=O)c1cc(N2C(=O)C3CCCC(C#N)N3C2=O)c(F)cc1Cl. The van der Waals surface area contributed by atoms with E-state index in [-0.39, 0.29) is 16.3 Å². The molecule has 2 aliphatic rings. The Bertz CT molecular complexity index is 867. The zero-order valence-electron chi connectivity index (χ0n) is 14.7. The molecule has 2 heterocycles. The number of fused-ring (bicyclic) bond motifs is 1. The number of nitrogens with zero attached hydrogens (tertiary/aromatic N) is 3. The van der Waals surface area contributed by atoms with Crippen LogP contribution in [-0.4, -0.2) is 41.0 Å². The molecule has 1 aromatic rings. The molecular weight excluding hydrogens is 377 g/mol. The number of hydrogen-bond donors (Lipinski definition) is 0. The maximum absolute atomic E-state index is 14.5. The first-order valence-electron chi connectivity index (χ1n) is 8.52. The Labute approximate surface area is 160 Å². The Morgan fingerprint density at radius 2 is 2.07 bits per heavy atom. The van der Waals surface area contributed by atoms with Crippen molar-refractivity contribution in [3.63, 3.8) is 0 Å². The van der Waals surface area contributed by atoms with Gasteiger partial charge in [-0.05, 0) is 45.2 Å². The standard InChI is InChI=1S/C18H17ClFN3O4/c1-9(2)27-17(25)11-6-15(13(20)7-12(11)19)23-16(24)14-5-3-4-10(8-21)22(14)18(23)26/h6-7,9-10,14H,3-5H2,1-2H3. The lowest BCUT2D eigenvalue weighted by Crippen LogP contribution is -2.45. The molecule has 2 fully saturated rings. The van der Waals surface area contributed by atoms with Gasteiger partial charge in [0.2, 0.25) is 0 Å². The monoisotopic (exact) mass is 393 g/mol. The van der Waals surface area contributed by atoms with Gasteiger partial charge in [-0.1, -0.05) is 11.6 Å².